The summed E-state index contributed by atoms with van der Waals surface area (Å²) in [5.74, 6) is -1.52. The highest BCUT2D eigenvalue weighted by molar-refractivity contribution is 5.76. The molecule has 0 rings (SSSR count). The first-order valence-electron chi connectivity index (χ1n) is 6.19. The number of hydrogen-bond acceptors (Lipinski definition) is 5. The molecule has 0 aromatic rings. The molecule has 0 aromatic carbocycles. The van der Waals surface area contributed by atoms with Crippen molar-refractivity contribution in [2.75, 3.05) is 33.0 Å². The van der Waals surface area contributed by atoms with E-state index in [9.17, 15) is 9.59 Å². The number of hydrogen-bond donors (Lipinski definition) is 1. The molecule has 0 radical (unpaired) electrons. The van der Waals surface area contributed by atoms with Gasteiger partial charge < -0.3 is 19.3 Å². The summed E-state index contributed by atoms with van der Waals surface area (Å²) in [4.78, 5) is 21.2. The number of esters is 1. The molecule has 6 heteroatoms. The van der Waals surface area contributed by atoms with Crippen LogP contribution in [0.25, 0.3) is 0 Å². The number of carboxylic acids is 1. The summed E-state index contributed by atoms with van der Waals surface area (Å²) in [6.45, 7) is 4.29. The van der Waals surface area contributed by atoms with Gasteiger partial charge in [-0.15, -0.1) is 0 Å². The number of carboxylic acid groups (broad SMARTS) is 1. The molecule has 18 heavy (non-hydrogen) atoms. The van der Waals surface area contributed by atoms with Crippen LogP contribution in [0.2, 0.25) is 0 Å². The van der Waals surface area contributed by atoms with Crippen LogP contribution in [0, 0.1) is 0 Å². The normalized spacial score (nSPS) is 10.3. The molecule has 0 aliphatic heterocycles. The number of rotatable bonds is 12. The van der Waals surface area contributed by atoms with Crippen molar-refractivity contribution in [1.29, 1.82) is 0 Å². The molecular formula is C12H22O6. The largest absolute Gasteiger partial charge is 0.481 e. The molecule has 0 saturated carbocycles. The minimum atomic E-state index is -1.01. The van der Waals surface area contributed by atoms with Gasteiger partial charge in [0.1, 0.15) is 6.61 Å². The van der Waals surface area contributed by atoms with E-state index in [1.807, 2.05) is 0 Å². The maximum absolute atomic E-state index is 11.0. The van der Waals surface area contributed by atoms with Gasteiger partial charge in [0.15, 0.2) is 0 Å². The molecule has 0 aliphatic rings. The number of ether oxygens (including phenoxy) is 3. The fourth-order valence-electron chi connectivity index (χ4n) is 1.06. The van der Waals surface area contributed by atoms with Gasteiger partial charge in [0.2, 0.25) is 0 Å². The van der Waals surface area contributed by atoms with Crippen LogP contribution in [0.3, 0.4) is 0 Å². The minimum absolute atomic E-state index is 0.102. The second kappa shape index (κ2) is 12.3. The second-order valence-corrected chi connectivity index (χ2v) is 3.69. The maximum Gasteiger partial charge on any atom is 0.306 e. The Balaban J connectivity index is 3.15. The fourth-order valence-corrected chi connectivity index (χ4v) is 1.06. The maximum atomic E-state index is 11.0. The first-order chi connectivity index (χ1) is 8.66. The zero-order valence-corrected chi connectivity index (χ0v) is 10.9. The molecule has 0 spiro atoms. The lowest BCUT2D eigenvalue weighted by Gasteiger charge is -2.06. The van der Waals surface area contributed by atoms with E-state index in [1.165, 1.54) is 0 Å². The van der Waals surface area contributed by atoms with Crippen molar-refractivity contribution in [3.8, 4) is 0 Å². The van der Waals surface area contributed by atoms with Gasteiger partial charge in [-0.1, -0.05) is 13.3 Å². The van der Waals surface area contributed by atoms with E-state index in [-0.39, 0.29) is 19.4 Å². The lowest BCUT2D eigenvalue weighted by atomic mass is 10.3. The van der Waals surface area contributed by atoms with Gasteiger partial charge in [0.25, 0.3) is 0 Å². The Morgan fingerprint density at radius 3 is 2.17 bits per heavy atom. The summed E-state index contributed by atoms with van der Waals surface area (Å²) in [6, 6.07) is 0. The van der Waals surface area contributed by atoms with Crippen LogP contribution in [-0.2, 0) is 23.8 Å². The fraction of sp³-hybridized carbons (Fsp3) is 0.833. The molecular weight excluding hydrogens is 240 g/mol. The van der Waals surface area contributed by atoms with Crippen molar-refractivity contribution < 1.29 is 28.9 Å². The van der Waals surface area contributed by atoms with Crippen molar-refractivity contribution in [3.05, 3.63) is 0 Å². The van der Waals surface area contributed by atoms with Crippen LogP contribution in [0.5, 0.6) is 0 Å². The summed E-state index contributed by atoms with van der Waals surface area (Å²) in [6.07, 6.45) is 1.84. The number of unbranched alkanes of at least 4 members (excludes halogenated alkanes) is 1. The molecule has 0 heterocycles. The summed E-state index contributed by atoms with van der Waals surface area (Å²) in [5.41, 5.74) is 0. The highest BCUT2D eigenvalue weighted by Crippen LogP contribution is 1.93. The van der Waals surface area contributed by atoms with Crippen molar-refractivity contribution in [3.63, 3.8) is 0 Å². The lowest BCUT2D eigenvalue weighted by Crippen LogP contribution is -2.13. The Kier molecular flexibility index (Phi) is 11.5. The molecule has 6 nitrogen and oxygen atoms in total. The van der Waals surface area contributed by atoms with Gasteiger partial charge >= 0.3 is 11.9 Å². The molecule has 0 aromatic heterocycles. The molecule has 0 bridgehead atoms. The number of carbonyl (C=O) groups excluding carboxylic acids is 1. The van der Waals surface area contributed by atoms with Gasteiger partial charge in [-0.25, -0.2) is 0 Å². The predicted molar refractivity (Wildman–Crippen MR) is 64.4 cm³/mol. The van der Waals surface area contributed by atoms with Gasteiger partial charge in [-0.3, -0.25) is 9.59 Å². The Bertz CT molecular complexity index is 229. The van der Waals surface area contributed by atoms with Gasteiger partial charge in [0, 0.05) is 6.61 Å². The summed E-state index contributed by atoms with van der Waals surface area (Å²) >= 11 is 0. The summed E-state index contributed by atoms with van der Waals surface area (Å²) < 4.78 is 15.2. The second-order valence-electron chi connectivity index (χ2n) is 3.69. The first-order valence-corrected chi connectivity index (χ1v) is 6.19. The zero-order chi connectivity index (χ0) is 13.6. The quantitative estimate of drug-likeness (QED) is 0.421. The Morgan fingerprint density at radius 2 is 1.56 bits per heavy atom. The molecule has 0 amide bonds. The van der Waals surface area contributed by atoms with Crippen molar-refractivity contribution in [2.24, 2.45) is 0 Å². The highest BCUT2D eigenvalue weighted by Gasteiger charge is 2.05. The van der Waals surface area contributed by atoms with Gasteiger partial charge in [-0.05, 0) is 6.42 Å². The third kappa shape index (κ3) is 12.9. The van der Waals surface area contributed by atoms with E-state index < -0.39 is 11.9 Å². The number of carbonyl (C=O) groups is 2. The molecule has 0 saturated heterocycles. The van der Waals surface area contributed by atoms with Crippen LogP contribution >= 0.6 is 0 Å². The highest BCUT2D eigenvalue weighted by atomic mass is 16.6. The Labute approximate surface area is 107 Å². The van der Waals surface area contributed by atoms with Gasteiger partial charge in [0.05, 0.1) is 32.7 Å². The lowest BCUT2D eigenvalue weighted by molar-refractivity contribution is -0.149. The van der Waals surface area contributed by atoms with Crippen molar-refractivity contribution in [2.45, 2.75) is 32.6 Å². The van der Waals surface area contributed by atoms with E-state index in [0.717, 1.165) is 19.4 Å². The number of aliphatic carboxylic acids is 1. The van der Waals surface area contributed by atoms with E-state index in [1.54, 1.807) is 0 Å². The van der Waals surface area contributed by atoms with Crippen LogP contribution in [-0.4, -0.2) is 50.1 Å². The molecule has 0 unspecified atom stereocenters. The summed E-state index contributed by atoms with van der Waals surface area (Å²) in [7, 11) is 0. The minimum Gasteiger partial charge on any atom is -0.481 e. The van der Waals surface area contributed by atoms with Crippen molar-refractivity contribution in [1.82, 2.24) is 0 Å². The molecule has 106 valence electrons. The average molecular weight is 262 g/mol. The van der Waals surface area contributed by atoms with E-state index in [2.05, 4.69) is 6.92 Å². The Hall–Kier alpha value is -1.14. The first kappa shape index (κ1) is 16.9. The molecule has 0 atom stereocenters. The Morgan fingerprint density at radius 1 is 0.944 bits per heavy atom. The topological polar surface area (TPSA) is 82.1 Å². The van der Waals surface area contributed by atoms with E-state index in [4.69, 9.17) is 19.3 Å². The van der Waals surface area contributed by atoms with Crippen molar-refractivity contribution >= 4 is 11.9 Å². The summed E-state index contributed by atoms with van der Waals surface area (Å²) in [5, 5.41) is 8.35. The zero-order valence-electron chi connectivity index (χ0n) is 10.9. The molecule has 1 N–H and O–H groups in total. The monoisotopic (exact) mass is 262 g/mol. The SMILES string of the molecule is CCCCOCCOCCOC(=O)CCC(=O)O. The smallest absolute Gasteiger partial charge is 0.306 e. The van der Waals surface area contributed by atoms with Crippen LogP contribution < -0.4 is 0 Å². The third-order valence-corrected chi connectivity index (χ3v) is 2.05. The third-order valence-electron chi connectivity index (χ3n) is 2.05. The van der Waals surface area contributed by atoms with E-state index in [0.29, 0.717) is 19.8 Å². The molecule has 0 aliphatic carbocycles. The average Bonchev–Trinajstić information content (AvgIpc) is 2.34. The van der Waals surface area contributed by atoms with E-state index >= 15 is 0 Å². The van der Waals surface area contributed by atoms with Crippen LogP contribution in [0.1, 0.15) is 32.6 Å². The van der Waals surface area contributed by atoms with Gasteiger partial charge in [-0.2, -0.15) is 0 Å². The predicted octanol–water partition coefficient (Wildman–Crippen LogP) is 1.23. The standard InChI is InChI=1S/C12H22O6/c1-2-3-6-16-7-8-17-9-10-18-12(15)5-4-11(13)14/h2-10H2,1H3,(H,13,14). The van der Waals surface area contributed by atoms with Crippen LogP contribution in [0.4, 0.5) is 0 Å². The molecule has 0 fully saturated rings. The van der Waals surface area contributed by atoms with Crippen LogP contribution in [0.15, 0.2) is 0 Å².